The van der Waals surface area contributed by atoms with Crippen molar-refractivity contribution < 1.29 is 9.90 Å². The maximum absolute atomic E-state index is 13.4. The van der Waals surface area contributed by atoms with Gasteiger partial charge in [0.25, 0.3) is 5.56 Å². The number of carbonyl (C=O) groups is 1. The van der Waals surface area contributed by atoms with Gasteiger partial charge in [-0.05, 0) is 41.6 Å². The van der Waals surface area contributed by atoms with Gasteiger partial charge in [-0.1, -0.05) is 76.6 Å². The molecule has 4 aromatic rings. The number of carboxylic acid groups (broad SMARTS) is 1. The van der Waals surface area contributed by atoms with Crippen LogP contribution in [0, 0.1) is 0 Å². The van der Waals surface area contributed by atoms with Crippen LogP contribution in [0.1, 0.15) is 29.0 Å². The first kappa shape index (κ1) is 19.2. The molecule has 0 saturated heterocycles. The van der Waals surface area contributed by atoms with Crippen LogP contribution in [0.3, 0.4) is 0 Å². The lowest BCUT2D eigenvalue weighted by Gasteiger charge is -2.23. The van der Waals surface area contributed by atoms with Crippen LogP contribution in [0.25, 0.3) is 21.9 Å². The normalized spacial score (nSPS) is 12.1. The standard InChI is InChI=1S/C24H18BrNO3/c1-15(16-8-4-2-5-9-16)26-22(24(28)29)21(17-10-6-3-7-11-17)20-14-18(25)12-13-19(20)23(26)27/h2-15H,1H3,(H,28,29). The van der Waals surface area contributed by atoms with Crippen molar-refractivity contribution in [1.82, 2.24) is 4.57 Å². The summed E-state index contributed by atoms with van der Waals surface area (Å²) in [5.74, 6) is -1.13. The van der Waals surface area contributed by atoms with Crippen molar-refractivity contribution in [3.63, 3.8) is 0 Å². The van der Waals surface area contributed by atoms with E-state index < -0.39 is 12.0 Å². The van der Waals surface area contributed by atoms with Crippen molar-refractivity contribution in [3.05, 3.63) is 105 Å². The van der Waals surface area contributed by atoms with Crippen LogP contribution in [-0.4, -0.2) is 15.6 Å². The largest absolute Gasteiger partial charge is 0.477 e. The molecule has 1 heterocycles. The summed E-state index contributed by atoms with van der Waals surface area (Å²) in [6, 6.07) is 23.7. The van der Waals surface area contributed by atoms with Crippen LogP contribution in [0.15, 0.2) is 88.1 Å². The molecule has 0 amide bonds. The molecule has 4 nitrogen and oxygen atoms in total. The number of pyridine rings is 1. The van der Waals surface area contributed by atoms with Gasteiger partial charge in [-0.25, -0.2) is 4.79 Å². The van der Waals surface area contributed by atoms with Gasteiger partial charge < -0.3 is 5.11 Å². The highest BCUT2D eigenvalue weighted by Crippen LogP contribution is 2.34. The zero-order valence-corrected chi connectivity index (χ0v) is 17.3. The minimum atomic E-state index is -1.13. The fraction of sp³-hybridized carbons (Fsp3) is 0.0833. The topological polar surface area (TPSA) is 59.3 Å². The van der Waals surface area contributed by atoms with Gasteiger partial charge in [-0.3, -0.25) is 9.36 Å². The monoisotopic (exact) mass is 447 g/mol. The zero-order valence-electron chi connectivity index (χ0n) is 15.7. The number of hydrogen-bond acceptors (Lipinski definition) is 2. The number of nitrogens with zero attached hydrogens (tertiary/aromatic N) is 1. The first-order valence-electron chi connectivity index (χ1n) is 9.20. The summed E-state index contributed by atoms with van der Waals surface area (Å²) in [7, 11) is 0. The average molecular weight is 448 g/mol. The molecule has 1 aromatic heterocycles. The van der Waals surface area contributed by atoms with E-state index in [1.54, 1.807) is 12.1 Å². The average Bonchev–Trinajstić information content (AvgIpc) is 2.74. The van der Waals surface area contributed by atoms with Crippen molar-refractivity contribution in [2.45, 2.75) is 13.0 Å². The number of hydrogen-bond donors (Lipinski definition) is 1. The summed E-state index contributed by atoms with van der Waals surface area (Å²) in [5.41, 5.74) is 1.83. The molecule has 1 atom stereocenters. The van der Waals surface area contributed by atoms with Crippen molar-refractivity contribution in [1.29, 1.82) is 0 Å². The van der Waals surface area contributed by atoms with Crippen LogP contribution in [0.4, 0.5) is 0 Å². The van der Waals surface area contributed by atoms with Crippen molar-refractivity contribution in [2.24, 2.45) is 0 Å². The van der Waals surface area contributed by atoms with E-state index in [0.29, 0.717) is 16.3 Å². The van der Waals surface area contributed by atoms with Crippen LogP contribution in [0.2, 0.25) is 0 Å². The van der Waals surface area contributed by atoms with E-state index in [0.717, 1.165) is 15.6 Å². The first-order valence-corrected chi connectivity index (χ1v) is 9.99. The Labute approximate surface area is 176 Å². The minimum Gasteiger partial charge on any atom is -0.477 e. The summed E-state index contributed by atoms with van der Waals surface area (Å²) < 4.78 is 2.18. The van der Waals surface area contributed by atoms with E-state index >= 15 is 0 Å². The Hall–Kier alpha value is -3.18. The van der Waals surface area contributed by atoms with E-state index in [1.807, 2.05) is 73.7 Å². The SMILES string of the molecule is CC(c1ccccc1)n1c(C(=O)O)c(-c2ccccc2)c2cc(Br)ccc2c1=O. The summed E-state index contributed by atoms with van der Waals surface area (Å²) >= 11 is 3.45. The summed E-state index contributed by atoms with van der Waals surface area (Å²) in [4.78, 5) is 25.9. The maximum atomic E-state index is 13.4. The second-order valence-corrected chi connectivity index (χ2v) is 7.76. The predicted octanol–water partition coefficient (Wildman–Crippen LogP) is 5.74. The van der Waals surface area contributed by atoms with E-state index in [9.17, 15) is 14.7 Å². The lowest BCUT2D eigenvalue weighted by atomic mass is 9.95. The second kappa shape index (κ2) is 7.68. The number of halogens is 1. The number of fused-ring (bicyclic) bond motifs is 1. The number of carboxylic acids is 1. The van der Waals surface area contributed by atoms with Gasteiger partial charge in [0.15, 0.2) is 0 Å². The molecule has 0 bridgehead atoms. The Morgan fingerprint density at radius 1 is 0.931 bits per heavy atom. The van der Waals surface area contributed by atoms with Crippen LogP contribution >= 0.6 is 15.9 Å². The van der Waals surface area contributed by atoms with Gasteiger partial charge in [0.1, 0.15) is 5.69 Å². The van der Waals surface area contributed by atoms with Gasteiger partial charge in [-0.15, -0.1) is 0 Å². The molecular formula is C24H18BrNO3. The fourth-order valence-corrected chi connectivity index (χ4v) is 4.11. The van der Waals surface area contributed by atoms with Gasteiger partial charge in [0.05, 0.1) is 6.04 Å². The van der Waals surface area contributed by atoms with E-state index in [2.05, 4.69) is 15.9 Å². The van der Waals surface area contributed by atoms with Crippen molar-refractivity contribution in [3.8, 4) is 11.1 Å². The number of aromatic carboxylic acids is 1. The zero-order chi connectivity index (χ0) is 20.5. The molecule has 1 unspecified atom stereocenters. The molecule has 3 aromatic carbocycles. The molecule has 5 heteroatoms. The van der Waals surface area contributed by atoms with Crippen molar-refractivity contribution in [2.75, 3.05) is 0 Å². The highest BCUT2D eigenvalue weighted by Gasteiger charge is 2.26. The third-order valence-electron chi connectivity index (χ3n) is 5.11. The molecule has 0 aliphatic carbocycles. The Balaban J connectivity index is 2.18. The van der Waals surface area contributed by atoms with Crippen LogP contribution < -0.4 is 5.56 Å². The molecule has 0 aliphatic heterocycles. The van der Waals surface area contributed by atoms with Gasteiger partial charge >= 0.3 is 5.97 Å². The summed E-state index contributed by atoms with van der Waals surface area (Å²) in [6.45, 7) is 1.85. The highest BCUT2D eigenvalue weighted by molar-refractivity contribution is 9.10. The Morgan fingerprint density at radius 3 is 2.17 bits per heavy atom. The quantitative estimate of drug-likeness (QED) is 0.433. The lowest BCUT2D eigenvalue weighted by Crippen LogP contribution is -2.30. The fourth-order valence-electron chi connectivity index (χ4n) is 3.75. The molecule has 0 saturated carbocycles. The molecule has 1 N–H and O–H groups in total. The molecular weight excluding hydrogens is 430 g/mol. The van der Waals surface area contributed by atoms with Crippen LogP contribution in [-0.2, 0) is 0 Å². The Kier molecular flexibility index (Phi) is 5.07. The molecule has 144 valence electrons. The molecule has 0 radical (unpaired) electrons. The van der Waals surface area contributed by atoms with E-state index in [4.69, 9.17) is 0 Å². The molecule has 29 heavy (non-hydrogen) atoms. The Morgan fingerprint density at radius 2 is 1.55 bits per heavy atom. The maximum Gasteiger partial charge on any atom is 0.353 e. The third kappa shape index (κ3) is 3.38. The first-order chi connectivity index (χ1) is 14.0. The third-order valence-corrected chi connectivity index (χ3v) is 5.61. The molecule has 0 spiro atoms. The number of aromatic nitrogens is 1. The van der Waals surface area contributed by atoms with E-state index in [1.165, 1.54) is 4.57 Å². The highest BCUT2D eigenvalue weighted by atomic mass is 79.9. The van der Waals surface area contributed by atoms with Gasteiger partial charge in [0.2, 0.25) is 0 Å². The predicted molar refractivity (Wildman–Crippen MR) is 119 cm³/mol. The summed E-state index contributed by atoms with van der Waals surface area (Å²) in [6.07, 6.45) is 0. The smallest absolute Gasteiger partial charge is 0.353 e. The summed E-state index contributed by atoms with van der Waals surface area (Å²) in [5, 5.41) is 11.3. The molecule has 4 rings (SSSR count). The minimum absolute atomic E-state index is 0.0110. The van der Waals surface area contributed by atoms with Gasteiger partial charge in [-0.2, -0.15) is 0 Å². The Bertz CT molecular complexity index is 1260. The van der Waals surface area contributed by atoms with Crippen molar-refractivity contribution >= 4 is 32.7 Å². The number of benzene rings is 3. The molecule has 0 aliphatic rings. The van der Waals surface area contributed by atoms with Gasteiger partial charge in [0, 0.05) is 15.4 Å². The number of rotatable bonds is 4. The van der Waals surface area contributed by atoms with E-state index in [-0.39, 0.29) is 11.3 Å². The second-order valence-electron chi connectivity index (χ2n) is 6.85. The van der Waals surface area contributed by atoms with Crippen LogP contribution in [0.5, 0.6) is 0 Å². The lowest BCUT2D eigenvalue weighted by molar-refractivity contribution is 0.0683. The molecule has 0 fully saturated rings.